The summed E-state index contributed by atoms with van der Waals surface area (Å²) in [5, 5.41) is 0.688. The van der Waals surface area contributed by atoms with Crippen LogP contribution in [0.1, 0.15) is 17.2 Å². The Labute approximate surface area is 136 Å². The second-order valence-electron chi connectivity index (χ2n) is 4.55. The zero-order valence-corrected chi connectivity index (χ0v) is 13.5. The molecule has 1 aliphatic rings. The van der Waals surface area contributed by atoms with Crippen molar-refractivity contribution in [2.45, 2.75) is 6.04 Å². The molecule has 0 amide bonds. The summed E-state index contributed by atoms with van der Waals surface area (Å²) >= 11 is 8.33. The van der Waals surface area contributed by atoms with Crippen LogP contribution in [-0.2, 0) is 0 Å². The fourth-order valence-corrected chi connectivity index (χ4v) is 3.04. The average Bonchev–Trinajstić information content (AvgIpc) is 2.48. The molecule has 0 aromatic heterocycles. The van der Waals surface area contributed by atoms with E-state index >= 15 is 0 Å². The largest absolute Gasteiger partial charge is 0.486 e. The Kier molecular flexibility index (Phi) is 4.05. The van der Waals surface area contributed by atoms with Crippen molar-refractivity contribution < 1.29 is 9.47 Å². The maximum atomic E-state index is 6.36. The minimum Gasteiger partial charge on any atom is -0.486 e. The quantitative estimate of drug-likeness (QED) is 0.779. The molecule has 0 saturated carbocycles. The first kappa shape index (κ1) is 14.0. The van der Waals surface area contributed by atoms with E-state index in [4.69, 9.17) is 26.8 Å². The van der Waals surface area contributed by atoms with Crippen LogP contribution in [0.25, 0.3) is 0 Å². The lowest BCUT2D eigenvalue weighted by atomic mass is 9.99. The molecule has 5 heteroatoms. The summed E-state index contributed by atoms with van der Waals surface area (Å²) in [6.07, 6.45) is 0. The Morgan fingerprint density at radius 1 is 1.05 bits per heavy atom. The smallest absolute Gasteiger partial charge is 0.161 e. The van der Waals surface area contributed by atoms with Gasteiger partial charge in [-0.3, -0.25) is 0 Å². The van der Waals surface area contributed by atoms with Crippen molar-refractivity contribution in [3.63, 3.8) is 0 Å². The minimum absolute atomic E-state index is 0.239. The van der Waals surface area contributed by atoms with E-state index in [1.165, 1.54) is 0 Å². The van der Waals surface area contributed by atoms with E-state index in [0.29, 0.717) is 18.2 Å². The van der Waals surface area contributed by atoms with Gasteiger partial charge in [-0.2, -0.15) is 0 Å². The SMILES string of the molecule is NC(c1ccc2c(c1)OCCO2)c1cc(Cl)ccc1I. The monoisotopic (exact) mass is 401 g/mol. The van der Waals surface area contributed by atoms with Crippen molar-refractivity contribution in [3.05, 3.63) is 56.1 Å². The third kappa shape index (κ3) is 2.73. The molecule has 3 rings (SSSR count). The molecule has 1 heterocycles. The van der Waals surface area contributed by atoms with Gasteiger partial charge in [0.25, 0.3) is 0 Å². The van der Waals surface area contributed by atoms with Crippen LogP contribution in [0, 0.1) is 3.57 Å². The second-order valence-corrected chi connectivity index (χ2v) is 6.15. The maximum Gasteiger partial charge on any atom is 0.161 e. The first-order chi connectivity index (χ1) is 9.65. The van der Waals surface area contributed by atoms with Gasteiger partial charge in [-0.15, -0.1) is 0 Å². The first-order valence-corrected chi connectivity index (χ1v) is 7.71. The van der Waals surface area contributed by atoms with Crippen molar-refractivity contribution in [2.24, 2.45) is 5.73 Å². The van der Waals surface area contributed by atoms with E-state index < -0.39 is 0 Å². The molecule has 1 unspecified atom stereocenters. The second kappa shape index (κ2) is 5.79. The van der Waals surface area contributed by atoms with E-state index in [1.807, 2.05) is 36.4 Å². The van der Waals surface area contributed by atoms with Crippen molar-refractivity contribution in [1.82, 2.24) is 0 Å². The third-order valence-electron chi connectivity index (χ3n) is 3.22. The minimum atomic E-state index is -0.239. The summed E-state index contributed by atoms with van der Waals surface area (Å²) in [6.45, 7) is 1.16. The standard InChI is InChI=1S/C15H13ClINO2/c16-10-2-3-12(17)11(8-10)15(18)9-1-4-13-14(7-9)20-6-5-19-13/h1-4,7-8,15H,5-6,18H2. The first-order valence-electron chi connectivity index (χ1n) is 6.25. The number of hydrogen-bond acceptors (Lipinski definition) is 3. The van der Waals surface area contributed by atoms with Crippen LogP contribution in [0.5, 0.6) is 11.5 Å². The van der Waals surface area contributed by atoms with Gasteiger partial charge in [0.05, 0.1) is 6.04 Å². The van der Waals surface area contributed by atoms with Crippen LogP contribution in [0.2, 0.25) is 5.02 Å². The Balaban J connectivity index is 1.97. The highest BCUT2D eigenvalue weighted by molar-refractivity contribution is 14.1. The highest BCUT2D eigenvalue weighted by Gasteiger charge is 2.17. The fraction of sp³-hybridized carbons (Fsp3) is 0.200. The summed E-state index contributed by atoms with van der Waals surface area (Å²) in [5.74, 6) is 1.52. The van der Waals surface area contributed by atoms with Gasteiger partial charge in [0.2, 0.25) is 0 Å². The molecule has 2 aromatic carbocycles. The molecule has 0 radical (unpaired) electrons. The van der Waals surface area contributed by atoms with Crippen LogP contribution in [0.3, 0.4) is 0 Å². The molecule has 0 saturated heterocycles. The van der Waals surface area contributed by atoms with Crippen LogP contribution < -0.4 is 15.2 Å². The molecule has 0 spiro atoms. The normalized spacial score (nSPS) is 14.9. The molecule has 0 fully saturated rings. The molecule has 20 heavy (non-hydrogen) atoms. The Morgan fingerprint density at radius 2 is 1.80 bits per heavy atom. The molecular formula is C15H13ClINO2. The summed E-state index contributed by atoms with van der Waals surface area (Å²) in [5.41, 5.74) is 8.35. The molecule has 1 aliphatic heterocycles. The van der Waals surface area contributed by atoms with E-state index in [2.05, 4.69) is 22.6 Å². The van der Waals surface area contributed by atoms with Gasteiger partial charge < -0.3 is 15.2 Å². The van der Waals surface area contributed by atoms with Crippen LogP contribution in [0.15, 0.2) is 36.4 Å². The summed E-state index contributed by atoms with van der Waals surface area (Å²) in [6, 6.07) is 11.3. The number of ether oxygens (including phenoxy) is 2. The molecular weight excluding hydrogens is 389 g/mol. The number of nitrogens with two attached hydrogens (primary N) is 1. The molecule has 2 N–H and O–H groups in total. The van der Waals surface area contributed by atoms with Gasteiger partial charge in [-0.25, -0.2) is 0 Å². The molecule has 0 aliphatic carbocycles. The lowest BCUT2D eigenvalue weighted by Gasteiger charge is -2.21. The lowest BCUT2D eigenvalue weighted by Crippen LogP contribution is -2.17. The number of halogens is 2. The average molecular weight is 402 g/mol. The highest BCUT2D eigenvalue weighted by Crippen LogP contribution is 2.34. The van der Waals surface area contributed by atoms with E-state index in [-0.39, 0.29) is 6.04 Å². The van der Waals surface area contributed by atoms with Crippen molar-refractivity contribution >= 4 is 34.2 Å². The summed E-state index contributed by atoms with van der Waals surface area (Å²) in [4.78, 5) is 0. The van der Waals surface area contributed by atoms with Gasteiger partial charge in [0.1, 0.15) is 13.2 Å². The predicted molar refractivity (Wildman–Crippen MR) is 87.6 cm³/mol. The van der Waals surface area contributed by atoms with E-state index in [1.54, 1.807) is 0 Å². The van der Waals surface area contributed by atoms with Crippen molar-refractivity contribution in [3.8, 4) is 11.5 Å². The highest BCUT2D eigenvalue weighted by atomic mass is 127. The van der Waals surface area contributed by atoms with Crippen LogP contribution in [0.4, 0.5) is 0 Å². The van der Waals surface area contributed by atoms with Crippen LogP contribution in [-0.4, -0.2) is 13.2 Å². The van der Waals surface area contributed by atoms with Gasteiger partial charge in [-0.1, -0.05) is 17.7 Å². The third-order valence-corrected chi connectivity index (χ3v) is 4.44. The Hall–Kier alpha value is -0.980. The van der Waals surface area contributed by atoms with Crippen LogP contribution >= 0.6 is 34.2 Å². The zero-order valence-electron chi connectivity index (χ0n) is 10.6. The van der Waals surface area contributed by atoms with E-state index in [9.17, 15) is 0 Å². The Bertz CT molecular complexity index is 648. The summed E-state index contributed by atoms with van der Waals surface area (Å²) in [7, 11) is 0. The maximum absolute atomic E-state index is 6.36. The Morgan fingerprint density at radius 3 is 2.60 bits per heavy atom. The molecule has 2 aromatic rings. The van der Waals surface area contributed by atoms with E-state index in [0.717, 1.165) is 26.2 Å². The topological polar surface area (TPSA) is 44.5 Å². The van der Waals surface area contributed by atoms with Gasteiger partial charge in [0.15, 0.2) is 11.5 Å². The fourth-order valence-electron chi connectivity index (χ4n) is 2.19. The molecule has 0 bridgehead atoms. The van der Waals surface area contributed by atoms with Crippen molar-refractivity contribution in [1.29, 1.82) is 0 Å². The number of rotatable bonds is 2. The summed E-state index contributed by atoms with van der Waals surface area (Å²) < 4.78 is 12.2. The van der Waals surface area contributed by atoms with Gasteiger partial charge in [-0.05, 0) is 64.0 Å². The molecule has 3 nitrogen and oxygen atoms in total. The zero-order chi connectivity index (χ0) is 14.1. The lowest BCUT2D eigenvalue weighted by molar-refractivity contribution is 0.171. The number of fused-ring (bicyclic) bond motifs is 1. The molecule has 104 valence electrons. The number of hydrogen-bond donors (Lipinski definition) is 1. The van der Waals surface area contributed by atoms with Gasteiger partial charge in [0, 0.05) is 8.59 Å². The van der Waals surface area contributed by atoms with Crippen molar-refractivity contribution in [2.75, 3.05) is 13.2 Å². The molecule has 1 atom stereocenters. The number of benzene rings is 2. The van der Waals surface area contributed by atoms with Gasteiger partial charge >= 0.3 is 0 Å². The predicted octanol–water partition coefficient (Wildman–Crippen LogP) is 3.76.